The molecule has 0 saturated carbocycles. The van der Waals surface area contributed by atoms with Crippen LogP contribution in [-0.4, -0.2) is 26.5 Å². The fraction of sp³-hybridized carbons (Fsp3) is 0.214. The van der Waals surface area contributed by atoms with E-state index in [1.807, 2.05) is 13.0 Å². The fourth-order valence-corrected chi connectivity index (χ4v) is 2.27. The molecule has 10 heteroatoms. The molecule has 2 N–H and O–H groups in total. The molecule has 0 atom stereocenters. The summed E-state index contributed by atoms with van der Waals surface area (Å²) in [5, 5.41) is 14.7. The molecule has 1 heterocycles. The summed E-state index contributed by atoms with van der Waals surface area (Å²) in [5.41, 5.74) is 5.81. The lowest BCUT2D eigenvalue weighted by atomic mass is 10.2. The van der Waals surface area contributed by atoms with Gasteiger partial charge in [0.05, 0.1) is 21.2 Å². The number of rotatable bonds is 4. The van der Waals surface area contributed by atoms with Gasteiger partial charge in [0.25, 0.3) is 17.5 Å². The maximum atomic E-state index is 12.0. The van der Waals surface area contributed by atoms with Crippen LogP contribution in [0.1, 0.15) is 21.7 Å². The average Bonchev–Trinajstić information content (AvgIpc) is 2.82. The number of amides is 2. The van der Waals surface area contributed by atoms with Crippen molar-refractivity contribution in [1.82, 2.24) is 20.6 Å². The molecule has 9 nitrogen and oxygen atoms in total. The maximum Gasteiger partial charge on any atom is 0.271 e. The number of nitrogens with one attached hydrogen (secondary N) is 2. The number of hydrazine groups is 1. The van der Waals surface area contributed by atoms with Gasteiger partial charge in [-0.2, -0.15) is 5.10 Å². The molecule has 1 aromatic heterocycles. The van der Waals surface area contributed by atoms with Crippen LogP contribution < -0.4 is 10.9 Å². The standard InChI is InChI=1S/C14H14ClN5O4/c1-8-5-9(2)19(18-8)7-13(21)16-17-14(22)11-4-3-10(20(23)24)6-12(11)15/h3-6H,7H2,1-2H3,(H,16,21)(H,17,22). The number of hydrogen-bond acceptors (Lipinski definition) is 5. The molecule has 0 radical (unpaired) electrons. The van der Waals surface area contributed by atoms with Crippen LogP contribution in [0.4, 0.5) is 5.69 Å². The molecular formula is C14H14ClN5O4. The van der Waals surface area contributed by atoms with Gasteiger partial charge in [0.1, 0.15) is 6.54 Å². The van der Waals surface area contributed by atoms with Crippen molar-refractivity contribution in [2.24, 2.45) is 0 Å². The highest BCUT2D eigenvalue weighted by Gasteiger charge is 2.15. The minimum atomic E-state index is -0.684. The minimum Gasteiger partial charge on any atom is -0.271 e. The summed E-state index contributed by atoms with van der Waals surface area (Å²) in [5.74, 6) is -1.16. The molecule has 0 bridgehead atoms. The Morgan fingerprint density at radius 3 is 2.54 bits per heavy atom. The average molecular weight is 352 g/mol. The predicted molar refractivity (Wildman–Crippen MR) is 85.4 cm³/mol. The highest BCUT2D eigenvalue weighted by molar-refractivity contribution is 6.34. The lowest BCUT2D eigenvalue weighted by Crippen LogP contribution is -2.43. The Morgan fingerprint density at radius 2 is 2.00 bits per heavy atom. The van der Waals surface area contributed by atoms with E-state index in [9.17, 15) is 19.7 Å². The third kappa shape index (κ3) is 4.07. The number of benzene rings is 1. The highest BCUT2D eigenvalue weighted by atomic mass is 35.5. The second-order valence-corrected chi connectivity index (χ2v) is 5.42. The van der Waals surface area contributed by atoms with E-state index >= 15 is 0 Å². The van der Waals surface area contributed by atoms with Gasteiger partial charge in [-0.15, -0.1) is 0 Å². The van der Waals surface area contributed by atoms with E-state index < -0.39 is 16.7 Å². The van der Waals surface area contributed by atoms with Crippen LogP contribution in [-0.2, 0) is 11.3 Å². The summed E-state index contributed by atoms with van der Waals surface area (Å²) in [7, 11) is 0. The predicted octanol–water partition coefficient (Wildman–Crippen LogP) is 1.52. The molecule has 2 amide bonds. The molecular weight excluding hydrogens is 338 g/mol. The van der Waals surface area contributed by atoms with E-state index in [2.05, 4.69) is 16.0 Å². The first-order chi connectivity index (χ1) is 11.3. The summed E-state index contributed by atoms with van der Waals surface area (Å²) in [6.07, 6.45) is 0. The number of nitrogens with zero attached hydrogens (tertiary/aromatic N) is 3. The largest absolute Gasteiger partial charge is 0.271 e. The molecule has 24 heavy (non-hydrogen) atoms. The first-order valence-electron chi connectivity index (χ1n) is 6.82. The summed E-state index contributed by atoms with van der Waals surface area (Å²) in [6, 6.07) is 5.25. The van der Waals surface area contributed by atoms with Gasteiger partial charge in [-0.1, -0.05) is 11.6 Å². The smallest absolute Gasteiger partial charge is 0.271 e. The Morgan fingerprint density at radius 1 is 1.29 bits per heavy atom. The van der Waals surface area contributed by atoms with Crippen LogP contribution in [0.25, 0.3) is 0 Å². The van der Waals surface area contributed by atoms with Crippen LogP contribution in [0.15, 0.2) is 24.3 Å². The van der Waals surface area contributed by atoms with Gasteiger partial charge in [-0.25, -0.2) is 0 Å². The zero-order chi connectivity index (χ0) is 17.9. The van der Waals surface area contributed by atoms with Crippen LogP contribution >= 0.6 is 11.6 Å². The van der Waals surface area contributed by atoms with Crippen molar-refractivity contribution < 1.29 is 14.5 Å². The van der Waals surface area contributed by atoms with Gasteiger partial charge in [0.2, 0.25) is 0 Å². The number of hydrogen-bond donors (Lipinski definition) is 2. The molecule has 126 valence electrons. The van der Waals surface area contributed by atoms with Gasteiger partial charge in [0.15, 0.2) is 0 Å². The first-order valence-corrected chi connectivity index (χ1v) is 7.20. The van der Waals surface area contributed by atoms with Gasteiger partial charge >= 0.3 is 0 Å². The molecule has 0 aliphatic carbocycles. The minimum absolute atomic E-state index is 0.00804. The number of aromatic nitrogens is 2. The lowest BCUT2D eigenvalue weighted by molar-refractivity contribution is -0.384. The van der Waals surface area contributed by atoms with E-state index in [-0.39, 0.29) is 22.8 Å². The molecule has 0 aliphatic heterocycles. The van der Waals surface area contributed by atoms with Crippen LogP contribution in [0.2, 0.25) is 5.02 Å². The van der Waals surface area contributed by atoms with Gasteiger partial charge in [-0.05, 0) is 26.0 Å². The van der Waals surface area contributed by atoms with E-state index in [4.69, 9.17) is 11.6 Å². The molecule has 0 unspecified atom stereocenters. The quantitative estimate of drug-likeness (QED) is 0.639. The van der Waals surface area contributed by atoms with Crippen molar-refractivity contribution in [2.45, 2.75) is 20.4 Å². The summed E-state index contributed by atoms with van der Waals surface area (Å²) >= 11 is 5.84. The number of aryl methyl sites for hydroxylation is 2. The third-order valence-corrected chi connectivity index (χ3v) is 3.43. The van der Waals surface area contributed by atoms with Crippen LogP contribution in [0, 0.1) is 24.0 Å². The lowest BCUT2D eigenvalue weighted by Gasteiger charge is -2.09. The van der Waals surface area contributed by atoms with E-state index in [1.165, 1.54) is 10.7 Å². The summed E-state index contributed by atoms with van der Waals surface area (Å²) < 4.78 is 1.50. The Kier molecular flexibility index (Phi) is 5.14. The van der Waals surface area contributed by atoms with Crippen molar-refractivity contribution in [3.63, 3.8) is 0 Å². The number of carbonyl (C=O) groups is 2. The van der Waals surface area contributed by atoms with Gasteiger partial charge < -0.3 is 0 Å². The van der Waals surface area contributed by atoms with Gasteiger partial charge in [0, 0.05) is 17.8 Å². The zero-order valence-corrected chi connectivity index (χ0v) is 13.6. The van der Waals surface area contributed by atoms with E-state index in [1.54, 1.807) is 6.92 Å². The Labute approximate surface area is 141 Å². The molecule has 0 saturated heterocycles. The third-order valence-electron chi connectivity index (χ3n) is 3.12. The highest BCUT2D eigenvalue weighted by Crippen LogP contribution is 2.22. The number of non-ortho nitro benzene ring substituents is 1. The van der Waals surface area contributed by atoms with Crippen molar-refractivity contribution >= 4 is 29.1 Å². The van der Waals surface area contributed by atoms with Crippen molar-refractivity contribution in [1.29, 1.82) is 0 Å². The second-order valence-electron chi connectivity index (χ2n) is 5.01. The summed E-state index contributed by atoms with van der Waals surface area (Å²) in [4.78, 5) is 33.8. The number of nitro benzene ring substituents is 1. The Balaban J connectivity index is 1.96. The van der Waals surface area contributed by atoms with Crippen LogP contribution in [0.3, 0.4) is 0 Å². The molecule has 0 aliphatic rings. The zero-order valence-electron chi connectivity index (χ0n) is 12.9. The first kappa shape index (κ1) is 17.4. The molecule has 2 aromatic rings. The van der Waals surface area contributed by atoms with Crippen molar-refractivity contribution in [3.05, 3.63) is 56.4 Å². The number of halogens is 1. The SMILES string of the molecule is Cc1cc(C)n(CC(=O)NNC(=O)c2ccc([N+](=O)[O-])cc2Cl)n1. The topological polar surface area (TPSA) is 119 Å². The maximum absolute atomic E-state index is 12.0. The summed E-state index contributed by atoms with van der Waals surface area (Å²) in [6.45, 7) is 3.55. The molecule has 0 spiro atoms. The normalized spacial score (nSPS) is 10.3. The van der Waals surface area contributed by atoms with E-state index in [0.29, 0.717) is 0 Å². The molecule has 2 rings (SSSR count). The van der Waals surface area contributed by atoms with E-state index in [0.717, 1.165) is 23.5 Å². The van der Waals surface area contributed by atoms with Crippen LogP contribution in [0.5, 0.6) is 0 Å². The van der Waals surface area contributed by atoms with Crippen molar-refractivity contribution in [3.8, 4) is 0 Å². The number of carbonyl (C=O) groups excluding carboxylic acids is 2. The molecule has 1 aromatic carbocycles. The Hall–Kier alpha value is -2.94. The fourth-order valence-electron chi connectivity index (χ4n) is 2.01. The second kappa shape index (κ2) is 7.09. The monoisotopic (exact) mass is 351 g/mol. The van der Waals surface area contributed by atoms with Crippen molar-refractivity contribution in [2.75, 3.05) is 0 Å². The Bertz CT molecular complexity index is 817. The van der Waals surface area contributed by atoms with Gasteiger partial charge in [-0.3, -0.25) is 35.2 Å². The number of nitro groups is 1. The molecule has 0 fully saturated rings.